The van der Waals surface area contributed by atoms with Gasteiger partial charge in [-0.05, 0) is 35.7 Å². The van der Waals surface area contributed by atoms with Crippen molar-refractivity contribution in [2.45, 2.75) is 32.8 Å². The highest BCUT2D eigenvalue weighted by molar-refractivity contribution is 5.72. The third kappa shape index (κ3) is 3.96. The van der Waals surface area contributed by atoms with Gasteiger partial charge in [-0.25, -0.2) is 9.78 Å². The van der Waals surface area contributed by atoms with Gasteiger partial charge < -0.3 is 19.2 Å². The fraction of sp³-hybridized carbons (Fsp3) is 0.300. The second-order valence-electron chi connectivity index (χ2n) is 6.91. The van der Waals surface area contributed by atoms with Crippen LogP contribution in [0.25, 0.3) is 11.1 Å². The van der Waals surface area contributed by atoms with Crippen LogP contribution in [0, 0.1) is 0 Å². The number of amides is 1. The Morgan fingerprint density at radius 3 is 2.65 bits per heavy atom. The molecule has 0 unspecified atom stereocenters. The Bertz CT molecular complexity index is 892. The molecule has 0 aliphatic rings. The SMILES string of the molecule is CNC(=O)Oc1ccc(OCc2nc3ccccc3o2)cc1C(C)(C)C. The van der Waals surface area contributed by atoms with Gasteiger partial charge in [0.1, 0.15) is 17.0 Å². The number of para-hydroxylation sites is 2. The Morgan fingerprint density at radius 2 is 1.96 bits per heavy atom. The molecule has 1 amide bonds. The molecule has 2 aromatic carbocycles. The van der Waals surface area contributed by atoms with Gasteiger partial charge in [0.05, 0.1) is 0 Å². The lowest BCUT2D eigenvalue weighted by Gasteiger charge is -2.23. The lowest BCUT2D eigenvalue weighted by molar-refractivity contribution is 0.201. The summed E-state index contributed by atoms with van der Waals surface area (Å²) in [6.07, 6.45) is -0.504. The number of ether oxygens (including phenoxy) is 2. The number of carbonyl (C=O) groups is 1. The Kier molecular flexibility index (Phi) is 4.84. The minimum absolute atomic E-state index is 0.216. The van der Waals surface area contributed by atoms with Crippen molar-refractivity contribution in [3.63, 3.8) is 0 Å². The molecule has 0 spiro atoms. The minimum Gasteiger partial charge on any atom is -0.484 e. The smallest absolute Gasteiger partial charge is 0.412 e. The Morgan fingerprint density at radius 1 is 1.19 bits per heavy atom. The molecule has 0 atom stereocenters. The average molecular weight is 354 g/mol. The first-order valence-electron chi connectivity index (χ1n) is 8.38. The van der Waals surface area contributed by atoms with E-state index in [0.717, 1.165) is 16.7 Å². The standard InChI is InChI=1S/C20H22N2O4/c1-20(2,3)14-11-13(9-10-16(14)26-19(23)21-4)24-12-18-22-15-7-5-6-8-17(15)25-18/h5-11H,12H2,1-4H3,(H,21,23). The van der Waals surface area contributed by atoms with Crippen LogP contribution in [-0.4, -0.2) is 18.1 Å². The molecular formula is C20H22N2O4. The number of rotatable bonds is 4. The van der Waals surface area contributed by atoms with Crippen LogP contribution in [0.2, 0.25) is 0 Å². The summed E-state index contributed by atoms with van der Waals surface area (Å²) in [6.45, 7) is 6.35. The van der Waals surface area contributed by atoms with E-state index in [0.29, 0.717) is 17.4 Å². The van der Waals surface area contributed by atoms with Crippen LogP contribution < -0.4 is 14.8 Å². The topological polar surface area (TPSA) is 73.6 Å². The summed E-state index contributed by atoms with van der Waals surface area (Å²) in [7, 11) is 1.52. The highest BCUT2D eigenvalue weighted by Crippen LogP contribution is 2.34. The third-order valence-corrected chi connectivity index (χ3v) is 3.87. The molecule has 1 heterocycles. The van der Waals surface area contributed by atoms with Gasteiger partial charge in [0.2, 0.25) is 5.89 Å². The molecule has 1 aromatic heterocycles. The second kappa shape index (κ2) is 7.07. The quantitative estimate of drug-likeness (QED) is 0.750. The molecule has 26 heavy (non-hydrogen) atoms. The van der Waals surface area contributed by atoms with Crippen LogP contribution >= 0.6 is 0 Å². The molecule has 0 saturated heterocycles. The average Bonchev–Trinajstić information content (AvgIpc) is 3.02. The molecule has 0 aliphatic carbocycles. The highest BCUT2D eigenvalue weighted by atomic mass is 16.6. The Balaban J connectivity index is 1.80. The molecule has 0 radical (unpaired) electrons. The third-order valence-electron chi connectivity index (χ3n) is 3.87. The molecule has 0 aliphatic heterocycles. The highest BCUT2D eigenvalue weighted by Gasteiger charge is 2.21. The molecule has 0 fully saturated rings. The lowest BCUT2D eigenvalue weighted by atomic mass is 9.86. The number of oxazole rings is 1. The zero-order chi connectivity index (χ0) is 18.7. The summed E-state index contributed by atoms with van der Waals surface area (Å²) < 4.78 is 16.8. The zero-order valence-electron chi connectivity index (χ0n) is 15.3. The van der Waals surface area contributed by atoms with E-state index in [-0.39, 0.29) is 12.0 Å². The zero-order valence-corrected chi connectivity index (χ0v) is 15.3. The van der Waals surface area contributed by atoms with Gasteiger partial charge in [-0.2, -0.15) is 0 Å². The van der Waals surface area contributed by atoms with Gasteiger partial charge in [0, 0.05) is 12.6 Å². The van der Waals surface area contributed by atoms with Crippen LogP contribution in [-0.2, 0) is 12.0 Å². The fourth-order valence-electron chi connectivity index (χ4n) is 2.55. The van der Waals surface area contributed by atoms with Crippen LogP contribution in [0.15, 0.2) is 46.9 Å². The number of hydrogen-bond acceptors (Lipinski definition) is 5. The van der Waals surface area contributed by atoms with Gasteiger partial charge >= 0.3 is 6.09 Å². The number of nitrogens with zero attached hydrogens (tertiary/aromatic N) is 1. The summed E-state index contributed by atoms with van der Waals surface area (Å²) in [5, 5.41) is 2.45. The maximum Gasteiger partial charge on any atom is 0.412 e. The molecule has 6 heteroatoms. The molecule has 3 rings (SSSR count). The van der Waals surface area contributed by atoms with E-state index in [1.54, 1.807) is 12.1 Å². The van der Waals surface area contributed by atoms with E-state index in [1.807, 2.05) is 51.1 Å². The molecule has 0 saturated carbocycles. The number of benzene rings is 2. The van der Waals surface area contributed by atoms with Crippen molar-refractivity contribution in [3.8, 4) is 11.5 Å². The second-order valence-corrected chi connectivity index (χ2v) is 6.91. The van der Waals surface area contributed by atoms with Crippen molar-refractivity contribution in [2.75, 3.05) is 7.05 Å². The van der Waals surface area contributed by atoms with Crippen molar-refractivity contribution in [1.82, 2.24) is 10.3 Å². The first kappa shape index (κ1) is 17.8. The number of aromatic nitrogens is 1. The molecular weight excluding hydrogens is 332 g/mol. The van der Waals surface area contributed by atoms with Gasteiger partial charge in [-0.1, -0.05) is 32.9 Å². The van der Waals surface area contributed by atoms with E-state index in [2.05, 4.69) is 10.3 Å². The van der Waals surface area contributed by atoms with Gasteiger partial charge in [0.15, 0.2) is 12.2 Å². The Labute approximate surface area is 152 Å². The summed E-state index contributed by atoms with van der Waals surface area (Å²) >= 11 is 0. The van der Waals surface area contributed by atoms with Crippen LogP contribution in [0.3, 0.4) is 0 Å². The maximum absolute atomic E-state index is 11.6. The van der Waals surface area contributed by atoms with Crippen LogP contribution in [0.1, 0.15) is 32.2 Å². The monoisotopic (exact) mass is 354 g/mol. The number of fused-ring (bicyclic) bond motifs is 1. The molecule has 136 valence electrons. The summed E-state index contributed by atoms with van der Waals surface area (Å²) in [6, 6.07) is 12.9. The largest absolute Gasteiger partial charge is 0.484 e. The van der Waals surface area contributed by atoms with E-state index in [9.17, 15) is 4.79 Å². The van der Waals surface area contributed by atoms with Crippen molar-refractivity contribution in [1.29, 1.82) is 0 Å². The summed E-state index contributed by atoms with van der Waals surface area (Å²) in [5.41, 5.74) is 2.18. The number of carbonyl (C=O) groups excluding carboxylic acids is 1. The number of hydrogen-bond donors (Lipinski definition) is 1. The summed E-state index contributed by atoms with van der Waals surface area (Å²) in [4.78, 5) is 16.0. The van der Waals surface area contributed by atoms with E-state index in [4.69, 9.17) is 13.9 Å². The summed E-state index contributed by atoms with van der Waals surface area (Å²) in [5.74, 6) is 1.67. The maximum atomic E-state index is 11.6. The molecule has 1 N–H and O–H groups in total. The predicted molar refractivity (Wildman–Crippen MR) is 98.6 cm³/mol. The number of nitrogens with one attached hydrogen (secondary N) is 1. The lowest BCUT2D eigenvalue weighted by Crippen LogP contribution is -2.24. The van der Waals surface area contributed by atoms with Crippen molar-refractivity contribution >= 4 is 17.2 Å². The molecule has 3 aromatic rings. The van der Waals surface area contributed by atoms with E-state index >= 15 is 0 Å². The minimum atomic E-state index is -0.504. The van der Waals surface area contributed by atoms with Crippen molar-refractivity contribution in [3.05, 3.63) is 53.9 Å². The van der Waals surface area contributed by atoms with Gasteiger partial charge in [0.25, 0.3) is 0 Å². The predicted octanol–water partition coefficient (Wildman–Crippen LogP) is 4.42. The van der Waals surface area contributed by atoms with Gasteiger partial charge in [-0.3, -0.25) is 0 Å². The normalized spacial score (nSPS) is 11.4. The van der Waals surface area contributed by atoms with E-state index < -0.39 is 6.09 Å². The van der Waals surface area contributed by atoms with Crippen LogP contribution in [0.4, 0.5) is 4.79 Å². The first-order chi connectivity index (χ1) is 12.4. The van der Waals surface area contributed by atoms with E-state index in [1.165, 1.54) is 7.05 Å². The molecule has 0 bridgehead atoms. The van der Waals surface area contributed by atoms with Crippen molar-refractivity contribution < 1.29 is 18.7 Å². The van der Waals surface area contributed by atoms with Gasteiger partial charge in [-0.15, -0.1) is 0 Å². The molecule has 6 nitrogen and oxygen atoms in total. The Hall–Kier alpha value is -3.02. The van der Waals surface area contributed by atoms with Crippen LogP contribution in [0.5, 0.6) is 11.5 Å². The first-order valence-corrected chi connectivity index (χ1v) is 8.38. The van der Waals surface area contributed by atoms with Crippen molar-refractivity contribution in [2.24, 2.45) is 0 Å². The fourth-order valence-corrected chi connectivity index (χ4v) is 2.55.